The molecule has 20 heteroatoms. The quantitative estimate of drug-likeness (QED) is 0.0121. The fourth-order valence-corrected chi connectivity index (χ4v) is 20.3. The molecule has 4 fully saturated rings. The summed E-state index contributed by atoms with van der Waals surface area (Å²) >= 11 is 0. The van der Waals surface area contributed by atoms with Gasteiger partial charge in [0.2, 0.25) is 0 Å². The van der Waals surface area contributed by atoms with Crippen LogP contribution in [0.15, 0.2) is 217 Å². The molecule has 0 radical (unpaired) electrons. The lowest BCUT2D eigenvalue weighted by Gasteiger charge is -2.51. The van der Waals surface area contributed by atoms with Crippen molar-refractivity contribution >= 4 is 14.3 Å². The largest absolute Gasteiger partial charge is 0.454 e. The van der Waals surface area contributed by atoms with E-state index in [9.17, 15) is 10.3 Å². The molecule has 0 aromatic heterocycles. The van der Waals surface area contributed by atoms with E-state index >= 15 is 0 Å². The van der Waals surface area contributed by atoms with Gasteiger partial charge in [-0.25, -0.2) is 0 Å². The summed E-state index contributed by atoms with van der Waals surface area (Å²) in [5, 5.41) is 4.60. The summed E-state index contributed by atoms with van der Waals surface area (Å²) in [5.74, 6) is -1.80. The normalized spacial score (nSPS) is 27.2. The van der Waals surface area contributed by atoms with Crippen molar-refractivity contribution in [3.63, 3.8) is 0 Å². The van der Waals surface area contributed by atoms with E-state index in [1.807, 2.05) is 226 Å². The van der Waals surface area contributed by atoms with Gasteiger partial charge in [0, 0.05) is 11.8 Å². The van der Waals surface area contributed by atoms with Gasteiger partial charge in [0.15, 0.2) is 32.8 Å². The SMILES string of the molecule is CC(=O)OC1C(OC2C(COCc3ccccc3)OC(OC3C(OCc4ccccc4)C(OCc4ccccc4)C(OCc4ccccc4)C4OC(C)(C)OC34)C(N=[N+]=[N-])C2OCc2ccccc2)OC(CO[Si](C(C)C)(C(C)C)C(C)C)C(OCc2ccccc2)C1OCc1ccccc1. The number of benzene rings is 7. The van der Waals surface area contributed by atoms with Crippen molar-refractivity contribution < 1.29 is 75.5 Å². The molecule has 16 unspecified atom stereocenters. The van der Waals surface area contributed by atoms with Crippen LogP contribution in [0, 0.1) is 0 Å². The van der Waals surface area contributed by atoms with Crippen molar-refractivity contribution in [2.75, 3.05) is 13.2 Å². The molecular weight excluding hydrogens is 1300 g/mol. The first kappa shape index (κ1) is 75.1. The van der Waals surface area contributed by atoms with Crippen LogP contribution in [0.1, 0.15) is 101 Å². The number of ether oxygens (including phenoxy) is 14. The molecular formula is C81H99N3O16Si. The van der Waals surface area contributed by atoms with Crippen molar-refractivity contribution in [1.82, 2.24) is 0 Å². The van der Waals surface area contributed by atoms with E-state index < -0.39 is 118 Å². The standard InChI is InChI=1S/C81H99N3O16Si/c1-54(2)101(55(3)4,56(5)6)93-53-66-68(87-46-59-33-19-11-20-34-59)71(89-48-61-37-23-13-24-38-61)78(94-57(7)85)80(96-66)97-69-65(52-86-45-58-31-17-10-18-32-58)95-79(67(83-84-82)70(69)88-47-60-35-21-12-22-36-60)98-75-73(91-50-63-41-27-15-28-42-63)72(90-49-62-39-25-14-26-40-62)74(76-77(75)100-81(8,9)99-76)92-51-64-43-29-16-30-44-64/h10-44,54-56,65-80H,45-53H2,1-9H3. The zero-order valence-electron chi connectivity index (χ0n) is 59.4. The van der Waals surface area contributed by atoms with Gasteiger partial charge in [-0.15, -0.1) is 0 Å². The Morgan fingerprint density at radius 2 is 0.752 bits per heavy atom. The number of hydrogen-bond donors (Lipinski definition) is 0. The Labute approximate surface area is 595 Å². The van der Waals surface area contributed by atoms with Crippen LogP contribution in [0.4, 0.5) is 0 Å². The van der Waals surface area contributed by atoms with Crippen molar-refractivity contribution in [3.8, 4) is 0 Å². The van der Waals surface area contributed by atoms with E-state index in [1.54, 1.807) is 0 Å². The third kappa shape index (κ3) is 19.6. The summed E-state index contributed by atoms with van der Waals surface area (Å²) in [6.07, 6.45) is -16.1. The maximum absolute atomic E-state index is 13.9. The van der Waals surface area contributed by atoms with Gasteiger partial charge in [-0.3, -0.25) is 4.79 Å². The number of fused-ring (bicyclic) bond motifs is 1. The third-order valence-corrected chi connectivity index (χ3v) is 25.4. The first-order chi connectivity index (χ1) is 49.1. The zero-order valence-corrected chi connectivity index (χ0v) is 60.4. The molecule has 0 spiro atoms. The number of esters is 1. The minimum absolute atomic E-state index is 0.00489. The van der Waals surface area contributed by atoms with Crippen LogP contribution in [0.2, 0.25) is 16.6 Å². The summed E-state index contributed by atoms with van der Waals surface area (Å²) in [4.78, 5) is 17.5. The maximum atomic E-state index is 13.9. The van der Waals surface area contributed by atoms with Gasteiger partial charge in [0.05, 0.1) is 59.5 Å². The Morgan fingerprint density at radius 3 is 1.15 bits per heavy atom. The highest BCUT2D eigenvalue weighted by Gasteiger charge is 2.63. The highest BCUT2D eigenvalue weighted by Crippen LogP contribution is 2.47. The Morgan fingerprint density at radius 1 is 0.426 bits per heavy atom. The van der Waals surface area contributed by atoms with E-state index in [-0.39, 0.29) is 76.1 Å². The Kier molecular flexibility index (Phi) is 27.1. The molecule has 101 heavy (non-hydrogen) atoms. The van der Waals surface area contributed by atoms with E-state index in [1.165, 1.54) is 6.92 Å². The van der Waals surface area contributed by atoms with Gasteiger partial charge in [-0.2, -0.15) is 0 Å². The predicted octanol–water partition coefficient (Wildman–Crippen LogP) is 15.3. The van der Waals surface area contributed by atoms with Gasteiger partial charge in [-0.05, 0) is 74.9 Å². The number of rotatable bonds is 34. The minimum Gasteiger partial charge on any atom is -0.454 e. The molecule has 3 heterocycles. The second-order valence-electron chi connectivity index (χ2n) is 27.8. The second kappa shape index (κ2) is 36.4. The van der Waals surface area contributed by atoms with Crippen molar-refractivity contribution in [1.29, 1.82) is 0 Å². The Bertz CT molecular complexity index is 3600. The number of nitrogens with zero attached hydrogens (tertiary/aromatic N) is 3. The number of azide groups is 1. The molecule has 1 saturated carbocycles. The highest BCUT2D eigenvalue weighted by atomic mass is 28.4. The fourth-order valence-electron chi connectivity index (χ4n) is 14.8. The molecule has 11 rings (SSSR count). The second-order valence-corrected chi connectivity index (χ2v) is 33.3. The summed E-state index contributed by atoms with van der Waals surface area (Å²) < 4.78 is 108. The molecule has 0 N–H and O–H groups in total. The molecule has 4 aliphatic rings. The minimum atomic E-state index is -2.63. The lowest BCUT2D eigenvalue weighted by Crippen LogP contribution is -2.69. The van der Waals surface area contributed by atoms with Crippen molar-refractivity contribution in [2.45, 2.75) is 229 Å². The summed E-state index contributed by atoms with van der Waals surface area (Å²) in [6.45, 7) is 19.3. The maximum Gasteiger partial charge on any atom is 0.303 e. The average Bonchev–Trinajstić information content (AvgIpc) is 1.72. The van der Waals surface area contributed by atoms with Crippen molar-refractivity contribution in [3.05, 3.63) is 262 Å². The molecule has 1 aliphatic carbocycles. The van der Waals surface area contributed by atoms with Gasteiger partial charge in [0.25, 0.3) is 0 Å². The lowest BCUT2D eigenvalue weighted by molar-refractivity contribution is -0.366. The van der Waals surface area contributed by atoms with E-state index in [0.29, 0.717) is 0 Å². The molecule has 16 atom stereocenters. The summed E-state index contributed by atoms with van der Waals surface area (Å²) in [6, 6.07) is 67.4. The Balaban J connectivity index is 1.03. The van der Waals surface area contributed by atoms with Gasteiger partial charge in [0.1, 0.15) is 79.3 Å². The monoisotopic (exact) mass is 1400 g/mol. The van der Waals surface area contributed by atoms with Crippen LogP contribution < -0.4 is 0 Å². The summed E-state index contributed by atoms with van der Waals surface area (Å²) in [7, 11) is -2.63. The molecule has 3 saturated heterocycles. The first-order valence-electron chi connectivity index (χ1n) is 35.4. The fraction of sp³-hybridized carbons (Fsp3) is 0.469. The number of hydrogen-bond acceptors (Lipinski definition) is 17. The van der Waals surface area contributed by atoms with Gasteiger partial charge >= 0.3 is 5.97 Å². The van der Waals surface area contributed by atoms with Crippen LogP contribution in [-0.2, 0) is 122 Å². The van der Waals surface area contributed by atoms with E-state index in [4.69, 9.17) is 70.7 Å². The van der Waals surface area contributed by atoms with E-state index in [0.717, 1.165) is 38.9 Å². The third-order valence-electron chi connectivity index (χ3n) is 19.4. The number of carbonyl (C=O) groups excluding carboxylic acids is 1. The topological polar surface area (TPSA) is 204 Å². The van der Waals surface area contributed by atoms with Crippen LogP contribution in [0.5, 0.6) is 0 Å². The zero-order chi connectivity index (χ0) is 70.7. The van der Waals surface area contributed by atoms with Gasteiger partial charge < -0.3 is 70.7 Å². The van der Waals surface area contributed by atoms with Crippen LogP contribution in [0.3, 0.4) is 0 Å². The molecule has 7 aromatic rings. The van der Waals surface area contributed by atoms with Gasteiger partial charge in [-0.1, -0.05) is 259 Å². The predicted molar refractivity (Wildman–Crippen MR) is 383 cm³/mol. The molecule has 538 valence electrons. The number of carbonyl (C=O) groups is 1. The molecule has 0 amide bonds. The van der Waals surface area contributed by atoms with Crippen LogP contribution in [0.25, 0.3) is 10.4 Å². The highest BCUT2D eigenvalue weighted by molar-refractivity contribution is 6.77. The first-order valence-corrected chi connectivity index (χ1v) is 37.6. The summed E-state index contributed by atoms with van der Waals surface area (Å²) in [5.41, 5.74) is 17.9. The van der Waals surface area contributed by atoms with Crippen LogP contribution in [-0.4, -0.2) is 131 Å². The van der Waals surface area contributed by atoms with Crippen LogP contribution >= 0.6 is 0 Å². The smallest absolute Gasteiger partial charge is 0.303 e. The van der Waals surface area contributed by atoms with E-state index in [2.05, 4.69) is 51.6 Å². The van der Waals surface area contributed by atoms with Crippen molar-refractivity contribution in [2.24, 2.45) is 5.11 Å². The molecule has 19 nitrogen and oxygen atoms in total. The lowest BCUT2D eigenvalue weighted by atomic mass is 9.83. The molecule has 0 bridgehead atoms. The Hall–Kier alpha value is -7.02. The molecule has 3 aliphatic heterocycles. The molecule has 7 aromatic carbocycles. The average molecular weight is 1400 g/mol.